The molecular formula is C11H8I3N2O2+. The van der Waals surface area contributed by atoms with Crippen molar-refractivity contribution in [3.63, 3.8) is 0 Å². The molecule has 1 heterocycles. The smallest absolute Gasteiger partial charge is 0.339 e. The van der Waals surface area contributed by atoms with Gasteiger partial charge in [0.15, 0.2) is 6.61 Å². The standard InChI is InChI=1S/C11H7I3N2O2/c12-6-3-7(10(14)8(13)4-6)11(17)18-5-9-15-1-2-16-9/h1-4H,5H2,(H,15,16)/p+1. The lowest BCUT2D eigenvalue weighted by Crippen LogP contribution is -2.82. The molecule has 0 saturated heterocycles. The Morgan fingerprint density at radius 2 is 2.11 bits per heavy atom. The summed E-state index contributed by atoms with van der Waals surface area (Å²) in [5.41, 5.74) is 0.610. The van der Waals surface area contributed by atoms with Crippen LogP contribution in [0.4, 0.5) is 0 Å². The quantitative estimate of drug-likeness (QED) is 0.338. The summed E-state index contributed by atoms with van der Waals surface area (Å²) in [4.78, 5) is 16.1. The average Bonchev–Trinajstić information content (AvgIpc) is 2.83. The number of quaternary nitrogens is 1. The van der Waals surface area contributed by atoms with E-state index in [-0.39, 0.29) is 12.6 Å². The van der Waals surface area contributed by atoms with E-state index in [9.17, 15) is 4.79 Å². The number of carbonyl (C=O) groups excluding carboxylic acids is 1. The van der Waals surface area contributed by atoms with Crippen LogP contribution in [-0.4, -0.2) is 18.4 Å². The van der Waals surface area contributed by atoms with Gasteiger partial charge in [-0.1, -0.05) is 0 Å². The van der Waals surface area contributed by atoms with Crippen molar-refractivity contribution in [2.24, 2.45) is 4.99 Å². The Balaban J connectivity index is 2.09. The molecule has 0 amide bonds. The van der Waals surface area contributed by atoms with Gasteiger partial charge in [0.2, 0.25) is 5.84 Å². The number of nitrogens with two attached hydrogens (primary N) is 1. The van der Waals surface area contributed by atoms with Crippen molar-refractivity contribution in [3.8, 4) is 0 Å². The maximum Gasteiger partial charge on any atom is 0.339 e. The Kier molecular flexibility index (Phi) is 5.38. The number of ether oxygens (including phenoxy) is 1. The van der Waals surface area contributed by atoms with E-state index in [1.807, 2.05) is 23.6 Å². The SMILES string of the molecule is O=C(OCC1=NC=C[NH2+]1)c1cc(I)cc(I)c1I. The molecule has 0 bridgehead atoms. The fraction of sp³-hybridized carbons (Fsp3) is 0.0909. The van der Waals surface area contributed by atoms with Gasteiger partial charge < -0.3 is 4.74 Å². The third-order valence-electron chi connectivity index (χ3n) is 2.18. The average molecular weight is 581 g/mol. The lowest BCUT2D eigenvalue weighted by atomic mass is 10.2. The predicted molar refractivity (Wildman–Crippen MR) is 93.4 cm³/mol. The molecule has 4 nitrogen and oxygen atoms in total. The van der Waals surface area contributed by atoms with Crippen LogP contribution in [0.25, 0.3) is 0 Å². The van der Waals surface area contributed by atoms with Crippen molar-refractivity contribution in [1.29, 1.82) is 0 Å². The second-order valence-electron chi connectivity index (χ2n) is 3.45. The zero-order valence-corrected chi connectivity index (χ0v) is 15.5. The molecule has 1 aromatic rings. The first-order valence-electron chi connectivity index (χ1n) is 4.96. The molecule has 0 atom stereocenters. The summed E-state index contributed by atoms with van der Waals surface area (Å²) in [6.45, 7) is 0.212. The first-order valence-corrected chi connectivity index (χ1v) is 8.20. The summed E-state index contributed by atoms with van der Waals surface area (Å²) in [6, 6.07) is 3.86. The summed E-state index contributed by atoms with van der Waals surface area (Å²) in [6.07, 6.45) is 3.50. The van der Waals surface area contributed by atoms with E-state index in [2.05, 4.69) is 72.8 Å². The second-order valence-corrected chi connectivity index (χ2v) is 6.94. The van der Waals surface area contributed by atoms with E-state index in [0.717, 1.165) is 16.5 Å². The van der Waals surface area contributed by atoms with Crippen molar-refractivity contribution in [3.05, 3.63) is 40.8 Å². The highest BCUT2D eigenvalue weighted by Crippen LogP contribution is 2.23. The van der Waals surface area contributed by atoms with Gasteiger partial charge in [0.25, 0.3) is 0 Å². The van der Waals surface area contributed by atoms with Crippen LogP contribution in [0.1, 0.15) is 10.4 Å². The van der Waals surface area contributed by atoms with Crippen LogP contribution in [0.15, 0.2) is 29.5 Å². The zero-order chi connectivity index (χ0) is 13.1. The zero-order valence-electron chi connectivity index (χ0n) is 8.99. The van der Waals surface area contributed by atoms with Crippen molar-refractivity contribution >= 4 is 79.6 Å². The number of rotatable bonds is 3. The van der Waals surface area contributed by atoms with E-state index < -0.39 is 0 Å². The Bertz CT molecular complexity index is 555. The molecule has 0 unspecified atom stereocenters. The number of aliphatic imine (C=N–C) groups is 1. The van der Waals surface area contributed by atoms with Gasteiger partial charge in [-0.2, -0.15) is 4.99 Å². The summed E-state index contributed by atoms with van der Waals surface area (Å²) < 4.78 is 8.25. The van der Waals surface area contributed by atoms with Crippen LogP contribution >= 0.6 is 67.8 Å². The summed E-state index contributed by atoms with van der Waals surface area (Å²) >= 11 is 6.57. The van der Waals surface area contributed by atoms with E-state index in [1.165, 1.54) is 0 Å². The third kappa shape index (κ3) is 3.63. The largest absolute Gasteiger partial charge is 0.450 e. The highest BCUT2D eigenvalue weighted by atomic mass is 127. The van der Waals surface area contributed by atoms with Crippen molar-refractivity contribution in [2.75, 3.05) is 6.61 Å². The molecule has 0 spiro atoms. The van der Waals surface area contributed by atoms with Gasteiger partial charge in [-0.15, -0.1) is 0 Å². The van der Waals surface area contributed by atoms with Gasteiger partial charge in [-0.05, 0) is 79.9 Å². The molecule has 0 aromatic heterocycles. The number of nitrogens with zero attached hydrogens (tertiary/aromatic N) is 1. The first-order chi connectivity index (χ1) is 8.58. The molecular weight excluding hydrogens is 573 g/mol. The highest BCUT2D eigenvalue weighted by molar-refractivity contribution is 14.1. The number of halogens is 3. The van der Waals surface area contributed by atoms with Gasteiger partial charge >= 0.3 is 5.97 Å². The molecule has 18 heavy (non-hydrogen) atoms. The van der Waals surface area contributed by atoms with Crippen LogP contribution < -0.4 is 5.32 Å². The number of benzene rings is 1. The fourth-order valence-electron chi connectivity index (χ4n) is 1.34. The molecule has 0 aliphatic carbocycles. The number of hydrogen-bond acceptors (Lipinski definition) is 3. The van der Waals surface area contributed by atoms with E-state index in [0.29, 0.717) is 5.56 Å². The molecule has 1 aliphatic rings. The van der Waals surface area contributed by atoms with E-state index >= 15 is 0 Å². The van der Waals surface area contributed by atoms with Crippen molar-refractivity contribution < 1.29 is 14.8 Å². The normalized spacial score (nSPS) is 13.6. The molecule has 0 radical (unpaired) electrons. The predicted octanol–water partition coefficient (Wildman–Crippen LogP) is 2.10. The number of amidine groups is 1. The molecule has 0 saturated carbocycles. The topological polar surface area (TPSA) is 55.3 Å². The van der Waals surface area contributed by atoms with Crippen LogP contribution in [0.3, 0.4) is 0 Å². The Morgan fingerprint density at radius 1 is 1.33 bits per heavy atom. The summed E-state index contributed by atoms with van der Waals surface area (Å²) in [7, 11) is 0. The lowest BCUT2D eigenvalue weighted by molar-refractivity contribution is -0.461. The lowest BCUT2D eigenvalue weighted by Gasteiger charge is -2.07. The summed E-state index contributed by atoms with van der Waals surface area (Å²) in [5.74, 6) is 0.456. The first kappa shape index (κ1) is 14.7. The molecule has 1 aliphatic heterocycles. The molecule has 7 heteroatoms. The van der Waals surface area contributed by atoms with Gasteiger partial charge in [0.05, 0.1) is 11.8 Å². The van der Waals surface area contributed by atoms with Crippen molar-refractivity contribution in [1.82, 2.24) is 0 Å². The Hall–Kier alpha value is 0.250. The fourth-order valence-corrected chi connectivity index (χ4v) is 3.72. The van der Waals surface area contributed by atoms with Gasteiger partial charge in [-0.3, -0.25) is 5.32 Å². The minimum Gasteiger partial charge on any atom is -0.450 e. The minimum atomic E-state index is -0.307. The number of esters is 1. The van der Waals surface area contributed by atoms with Gasteiger partial charge in [0, 0.05) is 10.7 Å². The minimum absolute atomic E-state index is 0.212. The van der Waals surface area contributed by atoms with Crippen LogP contribution in [0.5, 0.6) is 0 Å². The Morgan fingerprint density at radius 3 is 2.78 bits per heavy atom. The Labute approximate surface area is 145 Å². The van der Waals surface area contributed by atoms with Gasteiger partial charge in [-0.25, -0.2) is 4.79 Å². The van der Waals surface area contributed by atoms with Crippen molar-refractivity contribution in [2.45, 2.75) is 0 Å². The van der Waals surface area contributed by atoms with Crippen LogP contribution in [0, 0.1) is 10.7 Å². The highest BCUT2D eigenvalue weighted by Gasteiger charge is 2.17. The molecule has 0 fully saturated rings. The number of hydrogen-bond donors (Lipinski definition) is 1. The number of carbonyl (C=O) groups is 1. The van der Waals surface area contributed by atoms with Crippen LogP contribution in [-0.2, 0) is 4.74 Å². The van der Waals surface area contributed by atoms with E-state index in [4.69, 9.17) is 4.74 Å². The van der Waals surface area contributed by atoms with E-state index in [1.54, 1.807) is 6.20 Å². The molecule has 2 N–H and O–H groups in total. The molecule has 1 aromatic carbocycles. The molecule has 94 valence electrons. The monoisotopic (exact) mass is 581 g/mol. The van der Waals surface area contributed by atoms with Gasteiger partial charge in [0.1, 0.15) is 6.20 Å². The summed E-state index contributed by atoms with van der Waals surface area (Å²) in [5, 5.41) is 1.83. The maximum absolute atomic E-state index is 12.0. The molecule has 2 rings (SSSR count). The van der Waals surface area contributed by atoms with Crippen LogP contribution in [0.2, 0.25) is 0 Å². The second kappa shape index (κ2) is 6.61. The maximum atomic E-state index is 12.0. The third-order valence-corrected chi connectivity index (χ3v) is 5.85.